The van der Waals surface area contributed by atoms with Crippen molar-refractivity contribution < 1.29 is 0 Å². The van der Waals surface area contributed by atoms with Gasteiger partial charge < -0.3 is 0 Å². The van der Waals surface area contributed by atoms with Crippen LogP contribution in [0.5, 0.6) is 0 Å². The lowest BCUT2D eigenvalue weighted by Gasteiger charge is -1.76. The molecular formula is C7H5. The van der Waals surface area contributed by atoms with Crippen LogP contribution in [0.4, 0.5) is 0 Å². The van der Waals surface area contributed by atoms with Gasteiger partial charge >= 0.3 is 0 Å². The molecule has 2 aliphatic carbocycles. The summed E-state index contributed by atoms with van der Waals surface area (Å²) in [5.74, 6) is 0. The topological polar surface area (TPSA) is 0 Å². The molecule has 0 aromatic carbocycles. The molecule has 0 spiro atoms. The van der Waals surface area contributed by atoms with E-state index >= 15 is 0 Å². The smallest absolute Gasteiger partial charge is 0.0199 e. The highest BCUT2D eigenvalue weighted by atomic mass is 14.1. The maximum atomic E-state index is 2.17. The van der Waals surface area contributed by atoms with E-state index in [1.165, 1.54) is 11.1 Å². The lowest BCUT2D eigenvalue weighted by molar-refractivity contribution is 1.67. The van der Waals surface area contributed by atoms with Gasteiger partial charge in [-0.2, -0.15) is 0 Å². The van der Waals surface area contributed by atoms with Crippen LogP contribution >= 0.6 is 0 Å². The van der Waals surface area contributed by atoms with Crippen LogP contribution in [0.15, 0.2) is 35.5 Å². The molecular weight excluding hydrogens is 84.1 g/mol. The first-order valence-electron chi connectivity index (χ1n) is 2.40. The third-order valence-corrected chi connectivity index (χ3v) is 1.27. The molecule has 0 saturated carbocycles. The molecule has 2 rings (SSSR count). The predicted octanol–water partition coefficient (Wildman–Crippen LogP) is 1.63. The van der Waals surface area contributed by atoms with Crippen LogP contribution in [-0.4, -0.2) is 0 Å². The third-order valence-electron chi connectivity index (χ3n) is 1.27. The zero-order valence-corrected chi connectivity index (χ0v) is 3.89. The molecule has 7 heavy (non-hydrogen) atoms. The molecule has 0 N–H and O–H groups in total. The van der Waals surface area contributed by atoms with Crippen LogP contribution in [0.1, 0.15) is 0 Å². The molecule has 0 amide bonds. The molecule has 33 valence electrons. The normalized spacial score (nSPS) is 22.9. The summed E-state index contributed by atoms with van der Waals surface area (Å²) in [6, 6.07) is 0. The fourth-order valence-corrected chi connectivity index (χ4v) is 0.881. The van der Waals surface area contributed by atoms with E-state index in [0.29, 0.717) is 0 Å². The van der Waals surface area contributed by atoms with Crippen LogP contribution in [0.25, 0.3) is 0 Å². The van der Waals surface area contributed by atoms with E-state index in [0.717, 1.165) is 0 Å². The van der Waals surface area contributed by atoms with Gasteiger partial charge in [0.1, 0.15) is 0 Å². The number of hydrogen-bond acceptors (Lipinski definition) is 0. The Bertz CT molecular complexity index is 160. The molecule has 0 heteroatoms. The van der Waals surface area contributed by atoms with E-state index in [2.05, 4.69) is 30.7 Å². The minimum atomic E-state index is 1.34. The molecule has 0 unspecified atom stereocenters. The van der Waals surface area contributed by atoms with E-state index in [1.54, 1.807) is 0 Å². The Labute approximate surface area is 42.8 Å². The molecule has 1 radical (unpaired) electrons. The van der Waals surface area contributed by atoms with Gasteiger partial charge in [-0.05, 0) is 11.1 Å². The van der Waals surface area contributed by atoms with Gasteiger partial charge in [-0.15, -0.1) is 0 Å². The number of hydrogen-bond donors (Lipinski definition) is 0. The summed E-state index contributed by atoms with van der Waals surface area (Å²) in [5, 5.41) is 0. The monoisotopic (exact) mass is 89.0 g/mol. The Hall–Kier alpha value is -0.780. The Morgan fingerprint density at radius 3 is 1.57 bits per heavy atom. The first-order valence-corrected chi connectivity index (χ1v) is 2.40. The van der Waals surface area contributed by atoms with E-state index in [1.807, 2.05) is 0 Å². The standard InChI is InChI=1S/C7H5/c1-2-7-4-3-6(1)5-7/h1-5H. The summed E-state index contributed by atoms with van der Waals surface area (Å²) in [4.78, 5) is 0. The second-order valence-corrected chi connectivity index (χ2v) is 1.81. The van der Waals surface area contributed by atoms with Crippen molar-refractivity contribution in [3.63, 3.8) is 0 Å². The Morgan fingerprint density at radius 2 is 1.43 bits per heavy atom. The molecule has 0 fully saturated rings. The average molecular weight is 89.1 g/mol. The molecule has 0 aromatic rings. The molecule has 2 bridgehead atoms. The molecule has 0 saturated heterocycles. The van der Waals surface area contributed by atoms with Gasteiger partial charge in [0, 0.05) is 6.42 Å². The summed E-state index contributed by atoms with van der Waals surface area (Å²) in [5.41, 5.74) is 2.69. The highest BCUT2D eigenvalue weighted by Crippen LogP contribution is 2.26. The Kier molecular flexibility index (Phi) is 0.413. The van der Waals surface area contributed by atoms with Crippen LogP contribution in [0, 0.1) is 6.42 Å². The van der Waals surface area contributed by atoms with Gasteiger partial charge in [0.2, 0.25) is 0 Å². The molecule has 0 nitrogen and oxygen atoms in total. The highest BCUT2D eigenvalue weighted by molar-refractivity contribution is 5.58. The summed E-state index contributed by atoms with van der Waals surface area (Å²) < 4.78 is 0. The first kappa shape index (κ1) is 3.25. The van der Waals surface area contributed by atoms with Crippen molar-refractivity contribution in [3.05, 3.63) is 41.9 Å². The largest absolute Gasteiger partial charge is 0.0581 e. The maximum absolute atomic E-state index is 2.17. The minimum absolute atomic E-state index is 1.34. The molecule has 2 aliphatic rings. The van der Waals surface area contributed by atoms with Crippen molar-refractivity contribution in [2.45, 2.75) is 0 Å². The SMILES string of the molecule is [CH]1C2=CC=C1C=C2. The van der Waals surface area contributed by atoms with Gasteiger partial charge in [-0.3, -0.25) is 0 Å². The van der Waals surface area contributed by atoms with E-state index in [4.69, 9.17) is 0 Å². The second kappa shape index (κ2) is 0.890. The summed E-state index contributed by atoms with van der Waals surface area (Å²) >= 11 is 0. The van der Waals surface area contributed by atoms with E-state index in [9.17, 15) is 0 Å². The summed E-state index contributed by atoms with van der Waals surface area (Å²) in [6.45, 7) is 0. The van der Waals surface area contributed by atoms with Crippen molar-refractivity contribution in [2.75, 3.05) is 0 Å². The van der Waals surface area contributed by atoms with Crippen molar-refractivity contribution in [2.24, 2.45) is 0 Å². The number of fused-ring (bicyclic) bond motifs is 2. The molecule has 0 heterocycles. The van der Waals surface area contributed by atoms with Crippen LogP contribution in [-0.2, 0) is 0 Å². The number of allylic oxidation sites excluding steroid dienone is 6. The number of rotatable bonds is 0. The molecule has 0 atom stereocenters. The fourth-order valence-electron chi connectivity index (χ4n) is 0.881. The van der Waals surface area contributed by atoms with Crippen LogP contribution < -0.4 is 0 Å². The zero-order valence-electron chi connectivity index (χ0n) is 3.89. The summed E-state index contributed by atoms with van der Waals surface area (Å²) in [7, 11) is 0. The highest BCUT2D eigenvalue weighted by Gasteiger charge is 2.08. The molecule has 0 aromatic heterocycles. The van der Waals surface area contributed by atoms with E-state index in [-0.39, 0.29) is 0 Å². The average Bonchev–Trinajstić information content (AvgIpc) is 2.22. The Balaban J connectivity index is 2.65. The third kappa shape index (κ3) is 0.310. The second-order valence-electron chi connectivity index (χ2n) is 1.81. The van der Waals surface area contributed by atoms with Gasteiger partial charge in [-0.1, -0.05) is 24.3 Å². The lowest BCUT2D eigenvalue weighted by Crippen LogP contribution is -1.61. The zero-order chi connectivity index (χ0) is 4.69. The van der Waals surface area contributed by atoms with Crippen molar-refractivity contribution in [1.29, 1.82) is 0 Å². The van der Waals surface area contributed by atoms with Gasteiger partial charge in [0.15, 0.2) is 0 Å². The maximum Gasteiger partial charge on any atom is 0.0199 e. The van der Waals surface area contributed by atoms with Gasteiger partial charge in [0.05, 0.1) is 0 Å². The van der Waals surface area contributed by atoms with Crippen molar-refractivity contribution in [1.82, 2.24) is 0 Å². The van der Waals surface area contributed by atoms with Gasteiger partial charge in [-0.25, -0.2) is 0 Å². The van der Waals surface area contributed by atoms with Crippen molar-refractivity contribution in [3.8, 4) is 0 Å². The fraction of sp³-hybridized carbons (Fsp3) is 0. The van der Waals surface area contributed by atoms with Crippen molar-refractivity contribution >= 4 is 0 Å². The van der Waals surface area contributed by atoms with Crippen LogP contribution in [0.3, 0.4) is 0 Å². The lowest BCUT2D eigenvalue weighted by atomic mass is 10.3. The molecule has 0 aliphatic heterocycles. The first-order chi connectivity index (χ1) is 3.45. The quantitative estimate of drug-likeness (QED) is 0.423. The van der Waals surface area contributed by atoms with E-state index < -0.39 is 0 Å². The van der Waals surface area contributed by atoms with Gasteiger partial charge in [0.25, 0.3) is 0 Å². The Morgan fingerprint density at radius 1 is 0.857 bits per heavy atom. The van der Waals surface area contributed by atoms with Crippen LogP contribution in [0.2, 0.25) is 0 Å². The predicted molar refractivity (Wildman–Crippen MR) is 29.6 cm³/mol. The summed E-state index contributed by atoms with van der Waals surface area (Å²) in [6.07, 6.45) is 10.6. The minimum Gasteiger partial charge on any atom is -0.0581 e.